The number of carbonyl (C=O) groups is 1. The first-order chi connectivity index (χ1) is 8.27. The molecule has 2 amide bonds. The van der Waals surface area contributed by atoms with Gasteiger partial charge in [-0.3, -0.25) is 0 Å². The smallest absolute Gasteiger partial charge is 0.317 e. The van der Waals surface area contributed by atoms with E-state index >= 15 is 0 Å². The number of allylic oxidation sites excluding steroid dienone is 2. The summed E-state index contributed by atoms with van der Waals surface area (Å²) in [5, 5.41) is 3.11. The largest absolute Gasteiger partial charge is 0.338 e. The van der Waals surface area contributed by atoms with Crippen LogP contribution in [0.2, 0.25) is 0 Å². The molecule has 3 nitrogen and oxygen atoms in total. The lowest BCUT2D eigenvalue weighted by atomic mass is 9.94. The van der Waals surface area contributed by atoms with Gasteiger partial charge in [0.25, 0.3) is 0 Å². The summed E-state index contributed by atoms with van der Waals surface area (Å²) in [5.41, 5.74) is 0. The lowest BCUT2D eigenvalue weighted by Crippen LogP contribution is -2.48. The molecule has 2 unspecified atom stereocenters. The highest BCUT2D eigenvalue weighted by Gasteiger charge is 2.23. The Kier molecular flexibility index (Phi) is 4.46. The third-order valence-electron chi connectivity index (χ3n) is 3.98. The molecular formula is C14H24N2O. The van der Waals surface area contributed by atoms with Crippen LogP contribution < -0.4 is 5.32 Å². The molecule has 0 aromatic rings. The van der Waals surface area contributed by atoms with Gasteiger partial charge < -0.3 is 10.2 Å². The van der Waals surface area contributed by atoms with Crippen LogP contribution in [0.5, 0.6) is 0 Å². The molecule has 0 radical (unpaired) electrons. The number of carbonyl (C=O) groups excluding carboxylic acids is 1. The van der Waals surface area contributed by atoms with E-state index in [0.717, 1.165) is 32.4 Å². The summed E-state index contributed by atoms with van der Waals surface area (Å²) in [6.45, 7) is 3.92. The summed E-state index contributed by atoms with van der Waals surface area (Å²) in [6, 6.07) is 0.557. The number of amides is 2. The number of hydrogen-bond donors (Lipinski definition) is 1. The lowest BCUT2D eigenvalue weighted by molar-refractivity contribution is 0.156. The Morgan fingerprint density at radius 2 is 2.24 bits per heavy atom. The van der Waals surface area contributed by atoms with Gasteiger partial charge in [-0.05, 0) is 51.4 Å². The van der Waals surface area contributed by atoms with Gasteiger partial charge in [0, 0.05) is 19.1 Å². The van der Waals surface area contributed by atoms with Crippen LogP contribution in [0.3, 0.4) is 0 Å². The molecule has 2 aliphatic rings. The van der Waals surface area contributed by atoms with E-state index in [2.05, 4.69) is 24.4 Å². The number of urea groups is 1. The Balaban J connectivity index is 1.74. The van der Waals surface area contributed by atoms with Crippen molar-refractivity contribution in [2.45, 2.75) is 51.5 Å². The second-order valence-corrected chi connectivity index (χ2v) is 5.37. The van der Waals surface area contributed by atoms with Crippen molar-refractivity contribution in [1.29, 1.82) is 0 Å². The minimum Gasteiger partial charge on any atom is -0.338 e. The van der Waals surface area contributed by atoms with Crippen LogP contribution in [0.25, 0.3) is 0 Å². The van der Waals surface area contributed by atoms with Crippen LogP contribution >= 0.6 is 0 Å². The quantitative estimate of drug-likeness (QED) is 0.735. The molecule has 0 saturated carbocycles. The fourth-order valence-electron chi connectivity index (χ4n) is 2.77. The Labute approximate surface area is 104 Å². The topological polar surface area (TPSA) is 32.3 Å². The molecule has 3 heteroatoms. The molecular weight excluding hydrogens is 212 g/mol. The van der Waals surface area contributed by atoms with Crippen molar-refractivity contribution in [2.75, 3.05) is 13.1 Å². The summed E-state index contributed by atoms with van der Waals surface area (Å²) in [6.07, 6.45) is 11.6. The van der Waals surface area contributed by atoms with Gasteiger partial charge in [-0.2, -0.15) is 0 Å². The van der Waals surface area contributed by atoms with E-state index in [9.17, 15) is 4.79 Å². The Bertz CT molecular complexity index is 288. The normalized spacial score (nSPS) is 29.1. The Morgan fingerprint density at radius 3 is 2.94 bits per heavy atom. The van der Waals surface area contributed by atoms with Crippen LogP contribution in [0, 0.1) is 5.92 Å². The molecule has 1 aliphatic carbocycles. The summed E-state index contributed by atoms with van der Waals surface area (Å²) >= 11 is 0. The minimum atomic E-state index is 0.145. The fourth-order valence-corrected chi connectivity index (χ4v) is 2.77. The van der Waals surface area contributed by atoms with Crippen molar-refractivity contribution in [1.82, 2.24) is 10.2 Å². The number of likely N-dealkylation sites (tertiary alicyclic amines) is 1. The zero-order valence-corrected chi connectivity index (χ0v) is 10.8. The van der Waals surface area contributed by atoms with Gasteiger partial charge in [0.05, 0.1) is 0 Å². The fraction of sp³-hybridized carbons (Fsp3) is 0.786. The lowest BCUT2D eigenvalue weighted by Gasteiger charge is -2.34. The summed E-state index contributed by atoms with van der Waals surface area (Å²) in [5.74, 6) is 0.643. The van der Waals surface area contributed by atoms with E-state index < -0.39 is 0 Å². The maximum Gasteiger partial charge on any atom is 0.317 e. The number of rotatable bonds is 2. The van der Waals surface area contributed by atoms with Gasteiger partial charge in [-0.25, -0.2) is 4.79 Å². The van der Waals surface area contributed by atoms with Gasteiger partial charge >= 0.3 is 6.03 Å². The molecule has 1 N–H and O–H groups in total. The van der Waals surface area contributed by atoms with E-state index in [1.807, 2.05) is 4.90 Å². The van der Waals surface area contributed by atoms with E-state index in [1.54, 1.807) is 0 Å². The van der Waals surface area contributed by atoms with Crippen LogP contribution in [0.1, 0.15) is 45.4 Å². The van der Waals surface area contributed by atoms with Gasteiger partial charge in [0.1, 0.15) is 0 Å². The second-order valence-electron chi connectivity index (χ2n) is 5.37. The standard InChI is InChI=1S/C14H24N2O/c1-12-7-5-6-10-16(12)14(17)15-11-13-8-3-2-4-9-13/h2-3,12-13H,4-11H2,1H3,(H,15,17). The molecule has 1 heterocycles. The first kappa shape index (κ1) is 12.5. The molecule has 96 valence electrons. The van der Waals surface area contributed by atoms with Crippen LogP contribution in [0.15, 0.2) is 12.2 Å². The summed E-state index contributed by atoms with van der Waals surface area (Å²) in [4.78, 5) is 14.1. The Morgan fingerprint density at radius 1 is 1.35 bits per heavy atom. The van der Waals surface area contributed by atoms with E-state index in [0.29, 0.717) is 12.0 Å². The minimum absolute atomic E-state index is 0.145. The molecule has 0 aromatic carbocycles. The number of hydrogen-bond acceptors (Lipinski definition) is 1. The molecule has 0 bridgehead atoms. The number of nitrogens with one attached hydrogen (secondary N) is 1. The highest BCUT2D eigenvalue weighted by Crippen LogP contribution is 2.18. The maximum atomic E-state index is 12.0. The SMILES string of the molecule is CC1CCCCN1C(=O)NCC1CC=CCC1. The van der Waals surface area contributed by atoms with Crippen molar-refractivity contribution in [2.24, 2.45) is 5.92 Å². The van der Waals surface area contributed by atoms with E-state index in [1.165, 1.54) is 19.3 Å². The maximum absolute atomic E-state index is 12.0. The van der Waals surface area contributed by atoms with Crippen molar-refractivity contribution in [3.63, 3.8) is 0 Å². The van der Waals surface area contributed by atoms with Crippen molar-refractivity contribution >= 4 is 6.03 Å². The zero-order chi connectivity index (χ0) is 12.1. The van der Waals surface area contributed by atoms with Crippen molar-refractivity contribution < 1.29 is 4.79 Å². The predicted octanol–water partition coefficient (Wildman–Crippen LogP) is 2.93. The highest BCUT2D eigenvalue weighted by atomic mass is 16.2. The van der Waals surface area contributed by atoms with E-state index in [-0.39, 0.29) is 6.03 Å². The van der Waals surface area contributed by atoms with Crippen molar-refractivity contribution in [3.8, 4) is 0 Å². The van der Waals surface area contributed by atoms with Gasteiger partial charge in [-0.1, -0.05) is 12.2 Å². The molecule has 1 aliphatic heterocycles. The molecule has 17 heavy (non-hydrogen) atoms. The summed E-state index contributed by atoms with van der Waals surface area (Å²) < 4.78 is 0. The average Bonchev–Trinajstić information content (AvgIpc) is 2.38. The number of nitrogens with zero attached hydrogens (tertiary/aromatic N) is 1. The second kappa shape index (κ2) is 6.08. The molecule has 2 rings (SSSR count). The third-order valence-corrected chi connectivity index (χ3v) is 3.98. The molecule has 0 aromatic heterocycles. The van der Waals surface area contributed by atoms with Crippen LogP contribution in [-0.2, 0) is 0 Å². The van der Waals surface area contributed by atoms with E-state index in [4.69, 9.17) is 0 Å². The third kappa shape index (κ3) is 3.48. The van der Waals surface area contributed by atoms with Crippen LogP contribution in [-0.4, -0.2) is 30.1 Å². The van der Waals surface area contributed by atoms with Gasteiger partial charge in [0.15, 0.2) is 0 Å². The predicted molar refractivity (Wildman–Crippen MR) is 69.9 cm³/mol. The molecule has 1 fully saturated rings. The Hall–Kier alpha value is -0.990. The van der Waals surface area contributed by atoms with Gasteiger partial charge in [-0.15, -0.1) is 0 Å². The van der Waals surface area contributed by atoms with Crippen molar-refractivity contribution in [3.05, 3.63) is 12.2 Å². The first-order valence-corrected chi connectivity index (χ1v) is 6.97. The average molecular weight is 236 g/mol. The first-order valence-electron chi connectivity index (χ1n) is 6.97. The molecule has 2 atom stereocenters. The molecule has 1 saturated heterocycles. The zero-order valence-electron chi connectivity index (χ0n) is 10.8. The summed E-state index contributed by atoms with van der Waals surface area (Å²) in [7, 11) is 0. The van der Waals surface area contributed by atoms with Gasteiger partial charge in [0.2, 0.25) is 0 Å². The van der Waals surface area contributed by atoms with Crippen LogP contribution in [0.4, 0.5) is 4.79 Å². The molecule has 0 spiro atoms. The highest BCUT2D eigenvalue weighted by molar-refractivity contribution is 5.74. The monoisotopic (exact) mass is 236 g/mol. The number of piperidine rings is 1.